The molecule has 0 radical (unpaired) electrons. The first-order valence-electron chi connectivity index (χ1n) is 10.3. The zero-order chi connectivity index (χ0) is 22.7. The summed E-state index contributed by atoms with van der Waals surface area (Å²) in [6, 6.07) is 17.3. The lowest BCUT2D eigenvalue weighted by Gasteiger charge is -2.07. The molecule has 0 spiro atoms. The summed E-state index contributed by atoms with van der Waals surface area (Å²) in [6.45, 7) is 6.59. The predicted octanol–water partition coefficient (Wildman–Crippen LogP) is 5.42. The number of benzene rings is 2. The normalized spacial score (nSPS) is 10.9. The molecule has 0 unspecified atom stereocenters. The maximum atomic E-state index is 13.0. The number of anilines is 1. The number of rotatable bonds is 7. The van der Waals surface area contributed by atoms with E-state index in [4.69, 9.17) is 9.15 Å². The largest absolute Gasteiger partial charge is 0.486 e. The van der Waals surface area contributed by atoms with Crippen LogP contribution >= 0.6 is 0 Å². The summed E-state index contributed by atoms with van der Waals surface area (Å²) >= 11 is 0. The van der Waals surface area contributed by atoms with Crippen molar-refractivity contribution in [2.75, 3.05) is 5.32 Å². The molecule has 6 nitrogen and oxygen atoms in total. The van der Waals surface area contributed by atoms with Crippen molar-refractivity contribution in [2.45, 2.75) is 33.9 Å². The van der Waals surface area contributed by atoms with E-state index in [9.17, 15) is 9.18 Å². The van der Waals surface area contributed by atoms with Crippen LogP contribution in [0.15, 0.2) is 65.1 Å². The van der Waals surface area contributed by atoms with E-state index in [-0.39, 0.29) is 24.1 Å². The number of nitrogens with one attached hydrogen (secondary N) is 1. The fourth-order valence-corrected chi connectivity index (χ4v) is 3.34. The second-order valence-electron chi connectivity index (χ2n) is 7.65. The van der Waals surface area contributed by atoms with Crippen molar-refractivity contribution in [1.29, 1.82) is 0 Å². The van der Waals surface area contributed by atoms with Crippen molar-refractivity contribution < 1.29 is 18.3 Å². The third-order valence-corrected chi connectivity index (χ3v) is 5.15. The average Bonchev–Trinajstić information content (AvgIpc) is 3.35. The Balaban J connectivity index is 1.41. The molecule has 1 amide bonds. The smallest absolute Gasteiger partial charge is 0.291 e. The first-order chi connectivity index (χ1) is 15.4. The number of carbonyl (C=O) groups is 1. The highest BCUT2D eigenvalue weighted by Gasteiger charge is 2.18. The van der Waals surface area contributed by atoms with Gasteiger partial charge in [0.15, 0.2) is 5.76 Å². The molecule has 32 heavy (non-hydrogen) atoms. The number of aromatic nitrogens is 2. The summed E-state index contributed by atoms with van der Waals surface area (Å²) in [5.74, 6) is 0.484. The van der Waals surface area contributed by atoms with Gasteiger partial charge in [0.1, 0.15) is 23.9 Å². The quantitative estimate of drug-likeness (QED) is 0.423. The van der Waals surface area contributed by atoms with Crippen LogP contribution in [0.5, 0.6) is 5.75 Å². The zero-order valence-electron chi connectivity index (χ0n) is 18.2. The maximum absolute atomic E-state index is 13.0. The highest BCUT2D eigenvalue weighted by atomic mass is 19.1. The van der Waals surface area contributed by atoms with Gasteiger partial charge in [-0.25, -0.2) is 4.39 Å². The van der Waals surface area contributed by atoms with Crippen LogP contribution in [-0.2, 0) is 13.2 Å². The van der Waals surface area contributed by atoms with Crippen LogP contribution in [0.1, 0.15) is 38.8 Å². The minimum atomic E-state index is -0.362. The van der Waals surface area contributed by atoms with Gasteiger partial charge >= 0.3 is 0 Å². The number of halogens is 1. The van der Waals surface area contributed by atoms with Crippen LogP contribution in [0.2, 0.25) is 0 Å². The molecule has 0 bridgehead atoms. The van der Waals surface area contributed by atoms with Gasteiger partial charge in [-0.15, -0.1) is 0 Å². The molecular formula is C25H24FN3O3. The molecule has 0 saturated carbocycles. The van der Waals surface area contributed by atoms with Gasteiger partial charge in [-0.2, -0.15) is 5.10 Å². The van der Waals surface area contributed by atoms with E-state index >= 15 is 0 Å². The molecule has 0 fully saturated rings. The SMILES string of the molecule is Cc1ccc(Cn2nc(C)c(NC(=O)c3ccc(COc4ccc(F)cc4)o3)c2C)cc1. The number of nitrogens with zero attached hydrogens (tertiary/aromatic N) is 2. The lowest BCUT2D eigenvalue weighted by atomic mass is 10.1. The minimum Gasteiger partial charge on any atom is -0.486 e. The van der Waals surface area contributed by atoms with Crippen LogP contribution in [0.25, 0.3) is 0 Å². The van der Waals surface area contributed by atoms with E-state index in [1.54, 1.807) is 12.1 Å². The van der Waals surface area contributed by atoms with Gasteiger partial charge in [0.25, 0.3) is 5.91 Å². The summed E-state index contributed by atoms with van der Waals surface area (Å²) < 4.78 is 26.0. The number of aryl methyl sites for hydroxylation is 2. The molecule has 0 aliphatic rings. The maximum Gasteiger partial charge on any atom is 0.291 e. The highest BCUT2D eigenvalue weighted by molar-refractivity contribution is 6.02. The van der Waals surface area contributed by atoms with Gasteiger partial charge in [-0.1, -0.05) is 29.8 Å². The molecule has 0 atom stereocenters. The molecule has 1 N–H and O–H groups in total. The Morgan fingerprint density at radius 3 is 2.47 bits per heavy atom. The van der Waals surface area contributed by atoms with Crippen molar-refractivity contribution in [3.05, 3.63) is 101 Å². The fourth-order valence-electron chi connectivity index (χ4n) is 3.34. The molecule has 0 aliphatic carbocycles. The third-order valence-electron chi connectivity index (χ3n) is 5.15. The van der Waals surface area contributed by atoms with E-state index < -0.39 is 0 Å². The fraction of sp³-hybridized carbons (Fsp3) is 0.200. The molecule has 7 heteroatoms. The summed E-state index contributed by atoms with van der Waals surface area (Å²) in [5.41, 5.74) is 4.60. The minimum absolute atomic E-state index is 0.130. The van der Waals surface area contributed by atoms with Gasteiger partial charge in [0, 0.05) is 0 Å². The average molecular weight is 433 g/mol. The Kier molecular flexibility index (Phi) is 6.07. The number of carbonyl (C=O) groups excluding carboxylic acids is 1. The lowest BCUT2D eigenvalue weighted by Crippen LogP contribution is -2.12. The summed E-state index contributed by atoms with van der Waals surface area (Å²) in [7, 11) is 0. The second kappa shape index (κ2) is 9.09. The summed E-state index contributed by atoms with van der Waals surface area (Å²) in [6.07, 6.45) is 0. The lowest BCUT2D eigenvalue weighted by molar-refractivity contribution is 0.0992. The van der Waals surface area contributed by atoms with Gasteiger partial charge < -0.3 is 14.5 Å². The van der Waals surface area contributed by atoms with Crippen molar-refractivity contribution >= 4 is 11.6 Å². The van der Waals surface area contributed by atoms with Crippen molar-refractivity contribution in [2.24, 2.45) is 0 Å². The second-order valence-corrected chi connectivity index (χ2v) is 7.65. The molecule has 2 heterocycles. The van der Waals surface area contributed by atoms with Crippen LogP contribution in [0, 0.1) is 26.6 Å². The Bertz CT molecular complexity index is 1220. The molecular weight excluding hydrogens is 409 g/mol. The standard InChI is InChI=1S/C25H24FN3O3/c1-16-4-6-19(7-5-16)14-29-18(3)24(17(2)28-29)27-25(30)23-13-12-22(32-23)15-31-21-10-8-20(26)9-11-21/h4-13H,14-15H2,1-3H3,(H,27,30). The van der Waals surface area contributed by atoms with Gasteiger partial charge in [0.05, 0.1) is 23.6 Å². The Hall–Kier alpha value is -3.87. The first kappa shape index (κ1) is 21.4. The third kappa shape index (κ3) is 4.88. The number of ether oxygens (including phenoxy) is 1. The monoisotopic (exact) mass is 433 g/mol. The number of furan rings is 1. The Labute approximate surface area is 185 Å². The number of hydrogen-bond donors (Lipinski definition) is 1. The molecule has 4 rings (SSSR count). The van der Waals surface area contributed by atoms with Crippen LogP contribution in [0.3, 0.4) is 0 Å². The van der Waals surface area contributed by atoms with Crippen LogP contribution < -0.4 is 10.1 Å². The van der Waals surface area contributed by atoms with Gasteiger partial charge in [-0.3, -0.25) is 9.48 Å². The molecule has 2 aromatic carbocycles. The zero-order valence-corrected chi connectivity index (χ0v) is 18.2. The van der Waals surface area contributed by atoms with E-state index in [1.807, 2.05) is 18.5 Å². The van der Waals surface area contributed by atoms with Crippen LogP contribution in [-0.4, -0.2) is 15.7 Å². The van der Waals surface area contributed by atoms with Crippen molar-refractivity contribution in [1.82, 2.24) is 9.78 Å². The van der Waals surface area contributed by atoms with Gasteiger partial charge in [-0.05, 0) is 62.7 Å². The van der Waals surface area contributed by atoms with E-state index in [0.29, 0.717) is 23.7 Å². The van der Waals surface area contributed by atoms with E-state index in [1.165, 1.54) is 29.8 Å². The molecule has 164 valence electrons. The summed E-state index contributed by atoms with van der Waals surface area (Å²) in [5, 5.41) is 7.48. The molecule has 0 saturated heterocycles. The van der Waals surface area contributed by atoms with E-state index in [0.717, 1.165) is 17.0 Å². The Morgan fingerprint density at radius 1 is 1.03 bits per heavy atom. The molecule has 4 aromatic rings. The van der Waals surface area contributed by atoms with Crippen molar-refractivity contribution in [3.63, 3.8) is 0 Å². The number of amides is 1. The van der Waals surface area contributed by atoms with Crippen molar-refractivity contribution in [3.8, 4) is 5.75 Å². The van der Waals surface area contributed by atoms with Crippen LogP contribution in [0.4, 0.5) is 10.1 Å². The van der Waals surface area contributed by atoms with E-state index in [2.05, 4.69) is 41.6 Å². The topological polar surface area (TPSA) is 69.3 Å². The molecule has 2 aromatic heterocycles. The first-order valence-corrected chi connectivity index (χ1v) is 10.3. The number of hydrogen-bond acceptors (Lipinski definition) is 4. The summed E-state index contributed by atoms with van der Waals surface area (Å²) in [4.78, 5) is 12.7. The predicted molar refractivity (Wildman–Crippen MR) is 119 cm³/mol. The molecule has 0 aliphatic heterocycles. The highest BCUT2D eigenvalue weighted by Crippen LogP contribution is 2.22. The Morgan fingerprint density at radius 2 is 1.75 bits per heavy atom. The van der Waals surface area contributed by atoms with Gasteiger partial charge in [0.2, 0.25) is 0 Å².